The molecule has 0 spiro atoms. The highest BCUT2D eigenvalue weighted by Gasteiger charge is 2.23. The van der Waals surface area contributed by atoms with Crippen molar-refractivity contribution in [2.45, 2.75) is 44.7 Å². The van der Waals surface area contributed by atoms with E-state index in [1.807, 2.05) is 30.3 Å². The topological polar surface area (TPSA) is 63.8 Å². The van der Waals surface area contributed by atoms with E-state index in [0.29, 0.717) is 23.3 Å². The molecule has 4 rings (SSSR count). The number of aromatic nitrogens is 2. The maximum atomic E-state index is 13.4. The maximum absolute atomic E-state index is 13.4. The minimum atomic E-state index is -0.246. The molecule has 4 nitrogen and oxygen atoms in total. The van der Waals surface area contributed by atoms with Crippen molar-refractivity contribution in [1.82, 2.24) is 9.97 Å². The Morgan fingerprint density at radius 1 is 1.10 bits per heavy atom. The highest BCUT2D eigenvalue weighted by molar-refractivity contribution is 6.33. The third-order valence-corrected chi connectivity index (χ3v) is 6.04. The summed E-state index contributed by atoms with van der Waals surface area (Å²) < 4.78 is 13.4. The molecule has 3 N–H and O–H groups in total. The summed E-state index contributed by atoms with van der Waals surface area (Å²) in [5.74, 6) is 0.929. The number of anilines is 1. The third kappa shape index (κ3) is 5.15. The van der Waals surface area contributed by atoms with Crippen LogP contribution >= 0.6 is 11.6 Å². The first-order valence-electron chi connectivity index (χ1n) is 10.4. The Hall–Kier alpha value is -2.50. The average Bonchev–Trinajstić information content (AvgIpc) is 2.75. The van der Waals surface area contributed by atoms with Crippen LogP contribution in [0.4, 0.5) is 10.2 Å². The molecule has 156 valence electrons. The van der Waals surface area contributed by atoms with Crippen LogP contribution in [0.15, 0.2) is 54.7 Å². The van der Waals surface area contributed by atoms with Crippen molar-refractivity contribution in [3.05, 3.63) is 76.8 Å². The van der Waals surface area contributed by atoms with Crippen molar-refractivity contribution in [2.24, 2.45) is 11.7 Å². The number of halogens is 2. The van der Waals surface area contributed by atoms with Crippen molar-refractivity contribution in [1.29, 1.82) is 0 Å². The van der Waals surface area contributed by atoms with Crippen molar-refractivity contribution in [3.63, 3.8) is 0 Å². The van der Waals surface area contributed by atoms with Crippen LogP contribution in [-0.2, 0) is 13.0 Å². The van der Waals surface area contributed by atoms with Gasteiger partial charge in [-0.05, 0) is 61.1 Å². The average molecular weight is 425 g/mol. The Morgan fingerprint density at radius 2 is 1.93 bits per heavy atom. The summed E-state index contributed by atoms with van der Waals surface area (Å²) >= 11 is 6.46. The van der Waals surface area contributed by atoms with E-state index in [-0.39, 0.29) is 11.9 Å². The Kier molecular flexibility index (Phi) is 6.60. The molecule has 0 aliphatic heterocycles. The van der Waals surface area contributed by atoms with Crippen LogP contribution in [0.3, 0.4) is 0 Å². The van der Waals surface area contributed by atoms with Gasteiger partial charge in [-0.25, -0.2) is 9.37 Å². The lowest BCUT2D eigenvalue weighted by Crippen LogP contribution is -2.34. The predicted octanol–water partition coefficient (Wildman–Crippen LogP) is 5.61. The summed E-state index contributed by atoms with van der Waals surface area (Å²) in [7, 11) is 0. The molecule has 0 saturated heterocycles. The van der Waals surface area contributed by atoms with Crippen LogP contribution < -0.4 is 11.1 Å². The second kappa shape index (κ2) is 9.54. The zero-order valence-corrected chi connectivity index (χ0v) is 17.6. The molecule has 1 saturated carbocycles. The van der Waals surface area contributed by atoms with Gasteiger partial charge in [-0.15, -0.1) is 0 Å². The number of pyridine rings is 2. The molecule has 0 radical (unpaired) electrons. The third-order valence-electron chi connectivity index (χ3n) is 5.74. The molecular formula is C24H26ClFN4. The second-order valence-electron chi connectivity index (χ2n) is 7.96. The number of hydrogen-bond donors (Lipinski definition) is 2. The molecule has 0 bridgehead atoms. The molecule has 2 atom stereocenters. The zero-order chi connectivity index (χ0) is 20.9. The summed E-state index contributed by atoms with van der Waals surface area (Å²) in [5, 5.41) is 3.82. The molecule has 2 aromatic heterocycles. The number of benzene rings is 1. The van der Waals surface area contributed by atoms with E-state index in [2.05, 4.69) is 10.3 Å². The molecule has 30 heavy (non-hydrogen) atoms. The number of rotatable bonds is 6. The first-order chi connectivity index (χ1) is 14.6. The minimum absolute atomic E-state index is 0.244. The van der Waals surface area contributed by atoms with Crippen molar-refractivity contribution in [2.75, 3.05) is 5.32 Å². The van der Waals surface area contributed by atoms with Gasteiger partial charge in [-0.1, -0.05) is 42.6 Å². The van der Waals surface area contributed by atoms with Gasteiger partial charge in [0.05, 0.1) is 10.7 Å². The lowest BCUT2D eigenvalue weighted by atomic mass is 9.82. The van der Waals surface area contributed by atoms with Crippen LogP contribution in [0.25, 0.3) is 11.3 Å². The fourth-order valence-electron chi connectivity index (χ4n) is 4.07. The Morgan fingerprint density at radius 3 is 2.77 bits per heavy atom. The number of hydrogen-bond acceptors (Lipinski definition) is 4. The van der Waals surface area contributed by atoms with Gasteiger partial charge in [0.2, 0.25) is 0 Å². The minimum Gasteiger partial charge on any atom is -0.366 e. The van der Waals surface area contributed by atoms with Crippen LogP contribution in [0.2, 0.25) is 5.02 Å². The molecule has 0 amide bonds. The normalized spacial score (nSPS) is 18.9. The van der Waals surface area contributed by atoms with Gasteiger partial charge in [-0.2, -0.15) is 0 Å². The summed E-state index contributed by atoms with van der Waals surface area (Å²) in [4.78, 5) is 9.24. The smallest absolute Gasteiger partial charge is 0.126 e. The van der Waals surface area contributed by atoms with E-state index in [0.717, 1.165) is 41.8 Å². The van der Waals surface area contributed by atoms with Crippen molar-refractivity contribution >= 4 is 17.4 Å². The Balaban J connectivity index is 1.51. The molecule has 1 aliphatic rings. The quantitative estimate of drug-likeness (QED) is 0.540. The highest BCUT2D eigenvalue weighted by Crippen LogP contribution is 2.30. The van der Waals surface area contributed by atoms with Gasteiger partial charge >= 0.3 is 0 Å². The van der Waals surface area contributed by atoms with Crippen molar-refractivity contribution < 1.29 is 4.39 Å². The largest absolute Gasteiger partial charge is 0.366 e. The van der Waals surface area contributed by atoms with Gasteiger partial charge in [0.1, 0.15) is 11.6 Å². The molecule has 0 unspecified atom stereocenters. The second-order valence-corrected chi connectivity index (χ2v) is 8.37. The van der Waals surface area contributed by atoms with E-state index < -0.39 is 0 Å². The molecule has 2 heterocycles. The molecule has 1 fully saturated rings. The number of nitrogens with two attached hydrogens (primary N) is 1. The summed E-state index contributed by atoms with van der Waals surface area (Å²) in [6.45, 7) is 0.489. The van der Waals surface area contributed by atoms with E-state index >= 15 is 0 Å². The lowest BCUT2D eigenvalue weighted by Gasteiger charge is -2.28. The summed E-state index contributed by atoms with van der Waals surface area (Å²) in [6, 6.07) is 14.6. The number of nitrogens with zero attached hydrogens (tertiary/aromatic N) is 2. The predicted molar refractivity (Wildman–Crippen MR) is 120 cm³/mol. The highest BCUT2D eigenvalue weighted by atomic mass is 35.5. The maximum Gasteiger partial charge on any atom is 0.126 e. The van der Waals surface area contributed by atoms with E-state index in [1.165, 1.54) is 25.0 Å². The first-order valence-corrected chi connectivity index (χ1v) is 10.8. The van der Waals surface area contributed by atoms with Crippen LogP contribution in [0, 0.1) is 11.7 Å². The van der Waals surface area contributed by atoms with Gasteiger partial charge in [0.15, 0.2) is 0 Å². The number of nitrogens with one attached hydrogen (secondary N) is 1. The van der Waals surface area contributed by atoms with Gasteiger partial charge in [0, 0.05) is 30.0 Å². The molecule has 1 aromatic carbocycles. The van der Waals surface area contributed by atoms with Crippen LogP contribution in [0.5, 0.6) is 0 Å². The van der Waals surface area contributed by atoms with Crippen LogP contribution in [-0.4, -0.2) is 16.0 Å². The zero-order valence-electron chi connectivity index (χ0n) is 16.8. The van der Waals surface area contributed by atoms with Gasteiger partial charge in [0.25, 0.3) is 0 Å². The monoisotopic (exact) mass is 424 g/mol. The molecule has 6 heteroatoms. The van der Waals surface area contributed by atoms with Crippen molar-refractivity contribution in [3.8, 4) is 11.3 Å². The Labute approximate surface area is 181 Å². The van der Waals surface area contributed by atoms with Gasteiger partial charge < -0.3 is 11.1 Å². The van der Waals surface area contributed by atoms with Crippen LogP contribution in [0.1, 0.15) is 36.9 Å². The molecule has 1 aliphatic carbocycles. The lowest BCUT2D eigenvalue weighted by molar-refractivity contribution is 0.304. The summed E-state index contributed by atoms with van der Waals surface area (Å²) in [5.41, 5.74) is 9.81. The first kappa shape index (κ1) is 20.8. The van der Waals surface area contributed by atoms with E-state index in [1.54, 1.807) is 12.3 Å². The fourth-order valence-corrected chi connectivity index (χ4v) is 4.27. The van der Waals surface area contributed by atoms with Gasteiger partial charge in [-0.3, -0.25) is 4.98 Å². The van der Waals surface area contributed by atoms with E-state index in [4.69, 9.17) is 22.3 Å². The van der Waals surface area contributed by atoms with E-state index in [9.17, 15) is 4.39 Å². The summed E-state index contributed by atoms with van der Waals surface area (Å²) in [6.07, 6.45) is 7.26. The fraction of sp³-hybridized carbons (Fsp3) is 0.333. The molecule has 3 aromatic rings. The molecular weight excluding hydrogens is 399 g/mol. The Bertz CT molecular complexity index is 1010. The standard InChI is InChI=1S/C24H26ClFN4/c25-21-15-28-19(12-17-6-1-2-8-22(17)27)13-20(21)23-9-4-10-24(30-23)29-14-16-5-3-7-18(26)11-16/h3-5,7,9-11,13,15,17,22H,1-2,6,8,12,14,27H2,(H,29,30)/t17-,22-/m0/s1. The SMILES string of the molecule is N[C@H]1CCCC[C@H]1Cc1cc(-c2cccc(NCc3cccc(F)c3)n2)c(Cl)cn1.